The highest BCUT2D eigenvalue weighted by atomic mass is 16.3. The smallest absolute Gasteiger partial charge is 0.262 e. The van der Waals surface area contributed by atoms with Gasteiger partial charge < -0.3 is 15.7 Å². The largest absolute Gasteiger partial charge is 0.395 e. The summed E-state index contributed by atoms with van der Waals surface area (Å²) in [5, 5.41) is 11.3. The number of nitrogen functional groups attached to an aromatic ring is 1. The molecule has 0 saturated carbocycles. The number of nitrogens with zero attached hydrogens (tertiary/aromatic N) is 2. The first-order valence-electron chi connectivity index (χ1n) is 8.27. The van der Waals surface area contributed by atoms with Crippen LogP contribution in [0.15, 0.2) is 29.1 Å². The molecule has 26 heavy (non-hydrogen) atoms. The molecule has 2 amide bonds. The number of nitrogens with one attached hydrogen (secondary N) is 1. The maximum absolute atomic E-state index is 12.5. The third-order valence-corrected chi connectivity index (χ3v) is 4.49. The fourth-order valence-corrected chi connectivity index (χ4v) is 3.21. The van der Waals surface area contributed by atoms with Crippen LogP contribution in [0.2, 0.25) is 0 Å². The summed E-state index contributed by atoms with van der Waals surface area (Å²) in [5.74, 6) is -1.28. The van der Waals surface area contributed by atoms with Gasteiger partial charge in [0.2, 0.25) is 0 Å². The number of rotatable bonds is 5. The number of aromatic nitrogens is 1. The van der Waals surface area contributed by atoms with Crippen LogP contribution in [0.25, 0.3) is 5.69 Å². The molecule has 1 aromatic carbocycles. The summed E-state index contributed by atoms with van der Waals surface area (Å²) in [6.07, 6.45) is 0. The number of aliphatic hydroxyl groups excluding tert-OH is 1. The lowest BCUT2D eigenvalue weighted by Gasteiger charge is -2.23. The molecule has 2 aromatic rings. The first kappa shape index (κ1) is 17.7. The number of benzene rings is 1. The van der Waals surface area contributed by atoms with Gasteiger partial charge in [0.25, 0.3) is 17.4 Å². The number of anilines is 2. The predicted molar refractivity (Wildman–Crippen MR) is 98.0 cm³/mol. The van der Waals surface area contributed by atoms with Crippen molar-refractivity contribution in [2.75, 3.05) is 30.3 Å². The highest BCUT2D eigenvalue weighted by molar-refractivity contribution is 6.23. The van der Waals surface area contributed by atoms with Crippen LogP contribution < -0.4 is 21.5 Å². The van der Waals surface area contributed by atoms with E-state index in [0.717, 1.165) is 23.9 Å². The predicted octanol–water partition coefficient (Wildman–Crippen LogP) is 0.430. The number of hydrogen-bond acceptors (Lipinski definition) is 6. The second-order valence-corrected chi connectivity index (χ2v) is 6.05. The van der Waals surface area contributed by atoms with E-state index >= 15 is 0 Å². The first-order valence-corrected chi connectivity index (χ1v) is 8.27. The minimum absolute atomic E-state index is 0.00290. The van der Waals surface area contributed by atoms with E-state index in [1.807, 2.05) is 30.9 Å². The van der Waals surface area contributed by atoms with Gasteiger partial charge in [0.15, 0.2) is 0 Å². The Morgan fingerprint density at radius 1 is 1.19 bits per heavy atom. The molecule has 1 aliphatic rings. The van der Waals surface area contributed by atoms with E-state index in [1.165, 1.54) is 4.57 Å². The van der Waals surface area contributed by atoms with Gasteiger partial charge in [-0.25, -0.2) is 0 Å². The molecular weight excluding hydrogens is 336 g/mol. The summed E-state index contributed by atoms with van der Waals surface area (Å²) in [4.78, 5) is 38.2. The number of pyridine rings is 1. The summed E-state index contributed by atoms with van der Waals surface area (Å²) >= 11 is 0. The van der Waals surface area contributed by atoms with Crippen LogP contribution in [0.4, 0.5) is 11.5 Å². The van der Waals surface area contributed by atoms with Gasteiger partial charge in [-0.05, 0) is 37.6 Å². The molecule has 0 unspecified atom stereocenters. The molecule has 4 N–H and O–H groups in total. The number of aryl methyl sites for hydroxylation is 1. The van der Waals surface area contributed by atoms with Crippen LogP contribution in [0.5, 0.6) is 0 Å². The standard InChI is InChI=1S/C18H20N4O4/c1-3-21(6-7-23)11-4-5-13(10(2)8-11)22-14(24)9-12-15(16(22)19)18(26)20-17(12)25/h4-5,8-9,23H,3,6-7,19H2,1-2H3,(H,20,25,26). The fourth-order valence-electron chi connectivity index (χ4n) is 3.21. The lowest BCUT2D eigenvalue weighted by molar-refractivity contribution is 0.0880. The van der Waals surface area contributed by atoms with Crippen molar-refractivity contribution in [1.29, 1.82) is 0 Å². The topological polar surface area (TPSA) is 118 Å². The maximum Gasteiger partial charge on any atom is 0.262 e. The van der Waals surface area contributed by atoms with Gasteiger partial charge in [0.05, 0.1) is 23.4 Å². The monoisotopic (exact) mass is 356 g/mol. The van der Waals surface area contributed by atoms with Gasteiger partial charge in [-0.3, -0.25) is 24.3 Å². The third-order valence-electron chi connectivity index (χ3n) is 4.49. The van der Waals surface area contributed by atoms with Crippen molar-refractivity contribution in [1.82, 2.24) is 9.88 Å². The van der Waals surface area contributed by atoms with E-state index in [4.69, 9.17) is 5.73 Å². The van der Waals surface area contributed by atoms with E-state index in [-0.39, 0.29) is 23.6 Å². The van der Waals surface area contributed by atoms with Crippen molar-refractivity contribution >= 4 is 23.3 Å². The normalized spacial score (nSPS) is 12.9. The Labute approximate surface area is 149 Å². The molecule has 1 aliphatic heterocycles. The number of likely N-dealkylation sites (N-methyl/N-ethyl adjacent to an activating group) is 1. The summed E-state index contributed by atoms with van der Waals surface area (Å²) in [6, 6.07) is 6.58. The number of aliphatic hydroxyl groups is 1. The summed E-state index contributed by atoms with van der Waals surface area (Å²) in [7, 11) is 0. The Balaban J connectivity index is 2.14. The van der Waals surface area contributed by atoms with Gasteiger partial charge in [-0.2, -0.15) is 0 Å². The summed E-state index contributed by atoms with van der Waals surface area (Å²) < 4.78 is 1.23. The van der Waals surface area contributed by atoms with E-state index in [0.29, 0.717) is 12.2 Å². The molecule has 0 spiro atoms. The van der Waals surface area contributed by atoms with Crippen LogP contribution in [-0.2, 0) is 0 Å². The Morgan fingerprint density at radius 3 is 2.54 bits per heavy atom. The Hall–Kier alpha value is -3.13. The number of fused-ring (bicyclic) bond motifs is 1. The van der Waals surface area contributed by atoms with E-state index in [1.54, 1.807) is 6.07 Å². The molecule has 8 heteroatoms. The van der Waals surface area contributed by atoms with Gasteiger partial charge in [-0.1, -0.05) is 0 Å². The van der Waals surface area contributed by atoms with Crippen molar-refractivity contribution in [3.63, 3.8) is 0 Å². The number of carbonyl (C=O) groups excluding carboxylic acids is 2. The zero-order chi connectivity index (χ0) is 19.0. The molecule has 0 radical (unpaired) electrons. The molecule has 0 fully saturated rings. The van der Waals surface area contributed by atoms with Gasteiger partial charge in [0, 0.05) is 24.8 Å². The molecule has 0 aliphatic carbocycles. The Kier molecular flexibility index (Phi) is 4.52. The van der Waals surface area contributed by atoms with Crippen LogP contribution in [-0.4, -0.2) is 41.2 Å². The van der Waals surface area contributed by atoms with E-state index in [2.05, 4.69) is 5.32 Å². The molecule has 2 heterocycles. The quantitative estimate of drug-likeness (QED) is 0.669. The molecule has 136 valence electrons. The number of nitrogens with two attached hydrogens (primary N) is 1. The number of carbonyl (C=O) groups is 2. The van der Waals surface area contributed by atoms with Crippen molar-refractivity contribution in [3.05, 3.63) is 51.3 Å². The maximum atomic E-state index is 12.5. The summed E-state index contributed by atoms with van der Waals surface area (Å²) in [6.45, 7) is 5.07. The summed E-state index contributed by atoms with van der Waals surface area (Å²) in [5.41, 5.74) is 7.83. The fraction of sp³-hybridized carbons (Fsp3) is 0.278. The highest BCUT2D eigenvalue weighted by Crippen LogP contribution is 2.26. The van der Waals surface area contributed by atoms with Gasteiger partial charge in [0.1, 0.15) is 5.82 Å². The highest BCUT2D eigenvalue weighted by Gasteiger charge is 2.32. The molecule has 0 bridgehead atoms. The minimum Gasteiger partial charge on any atom is -0.395 e. The SMILES string of the molecule is CCN(CCO)c1ccc(-n2c(N)c3c(cc2=O)C(=O)NC3=O)c(C)c1. The molecule has 8 nitrogen and oxygen atoms in total. The van der Waals surface area contributed by atoms with Crippen LogP contribution >= 0.6 is 0 Å². The van der Waals surface area contributed by atoms with Crippen LogP contribution in [0.1, 0.15) is 33.2 Å². The second kappa shape index (κ2) is 6.64. The van der Waals surface area contributed by atoms with Crippen LogP contribution in [0.3, 0.4) is 0 Å². The van der Waals surface area contributed by atoms with Crippen molar-refractivity contribution < 1.29 is 14.7 Å². The lowest BCUT2D eigenvalue weighted by Crippen LogP contribution is -2.27. The average Bonchev–Trinajstić information content (AvgIpc) is 2.88. The van der Waals surface area contributed by atoms with E-state index in [9.17, 15) is 19.5 Å². The van der Waals surface area contributed by atoms with Gasteiger partial charge >= 0.3 is 0 Å². The molecule has 3 rings (SSSR count). The zero-order valence-electron chi connectivity index (χ0n) is 14.6. The molecular formula is C18H20N4O4. The first-order chi connectivity index (χ1) is 12.4. The lowest BCUT2D eigenvalue weighted by atomic mass is 10.1. The minimum atomic E-state index is -0.615. The number of imide groups is 1. The van der Waals surface area contributed by atoms with E-state index < -0.39 is 17.4 Å². The number of amides is 2. The molecule has 0 saturated heterocycles. The Bertz CT molecular complexity index is 964. The average molecular weight is 356 g/mol. The third kappa shape index (κ3) is 2.74. The second-order valence-electron chi connectivity index (χ2n) is 6.05. The van der Waals surface area contributed by atoms with Crippen molar-refractivity contribution in [2.24, 2.45) is 0 Å². The van der Waals surface area contributed by atoms with Crippen molar-refractivity contribution in [3.8, 4) is 5.69 Å². The molecule has 0 atom stereocenters. The molecule has 1 aromatic heterocycles. The Morgan fingerprint density at radius 2 is 1.92 bits per heavy atom. The van der Waals surface area contributed by atoms with Crippen LogP contribution in [0, 0.1) is 6.92 Å². The van der Waals surface area contributed by atoms with Gasteiger partial charge in [-0.15, -0.1) is 0 Å². The zero-order valence-corrected chi connectivity index (χ0v) is 14.6. The van der Waals surface area contributed by atoms with Crippen molar-refractivity contribution in [2.45, 2.75) is 13.8 Å². The number of hydrogen-bond donors (Lipinski definition) is 3.